The number of hydrogen-bond acceptors (Lipinski definition) is 2. The monoisotopic (exact) mass is 205 g/mol. The van der Waals surface area contributed by atoms with E-state index in [-0.39, 0.29) is 18.9 Å². The van der Waals surface area contributed by atoms with Crippen molar-refractivity contribution >= 4 is 11.9 Å². The lowest BCUT2D eigenvalue weighted by molar-refractivity contribution is -0.143. The number of aliphatic carboxylic acids is 1. The van der Waals surface area contributed by atoms with Gasteiger partial charge in [0.1, 0.15) is 5.41 Å². The second-order valence-corrected chi connectivity index (χ2v) is 3.71. The zero-order valence-electron chi connectivity index (χ0n) is 8.06. The van der Waals surface area contributed by atoms with Crippen LogP contribution in [0.25, 0.3) is 0 Å². The third-order valence-corrected chi connectivity index (χ3v) is 2.79. The Bertz CT molecular complexity index is 402. The molecule has 1 aromatic carbocycles. The Kier molecular flexibility index (Phi) is 2.19. The molecule has 0 bridgehead atoms. The Morgan fingerprint density at radius 1 is 1.33 bits per heavy atom. The number of carbonyl (C=O) groups excluding carboxylic acids is 1. The molecule has 2 N–H and O–H groups in total. The number of benzene rings is 1. The summed E-state index contributed by atoms with van der Waals surface area (Å²) in [7, 11) is 0. The van der Waals surface area contributed by atoms with Crippen LogP contribution in [-0.4, -0.2) is 23.5 Å². The van der Waals surface area contributed by atoms with Crippen molar-refractivity contribution in [2.45, 2.75) is 11.8 Å². The molecule has 1 aliphatic rings. The molecule has 1 fully saturated rings. The maximum atomic E-state index is 11.3. The van der Waals surface area contributed by atoms with Gasteiger partial charge in [-0.15, -0.1) is 0 Å². The molecule has 0 spiro atoms. The summed E-state index contributed by atoms with van der Waals surface area (Å²) in [5.41, 5.74) is -0.408. The number of nitrogens with one attached hydrogen (secondary N) is 1. The largest absolute Gasteiger partial charge is 0.481 e. The fourth-order valence-corrected chi connectivity index (χ4v) is 1.88. The second kappa shape index (κ2) is 3.38. The molecule has 4 nitrogen and oxygen atoms in total. The van der Waals surface area contributed by atoms with Crippen molar-refractivity contribution in [1.82, 2.24) is 5.32 Å². The smallest absolute Gasteiger partial charge is 0.316 e. The number of carbonyl (C=O) groups is 2. The van der Waals surface area contributed by atoms with E-state index in [4.69, 9.17) is 0 Å². The van der Waals surface area contributed by atoms with Gasteiger partial charge in [-0.05, 0) is 5.56 Å². The molecule has 1 heterocycles. The summed E-state index contributed by atoms with van der Waals surface area (Å²) in [6.45, 7) is 0.172. The first-order chi connectivity index (χ1) is 7.15. The van der Waals surface area contributed by atoms with Gasteiger partial charge in [0.2, 0.25) is 5.91 Å². The third kappa shape index (κ3) is 1.48. The van der Waals surface area contributed by atoms with Crippen molar-refractivity contribution in [3.63, 3.8) is 0 Å². The average molecular weight is 205 g/mol. The molecule has 1 atom stereocenters. The van der Waals surface area contributed by atoms with Gasteiger partial charge in [0.25, 0.3) is 0 Å². The average Bonchev–Trinajstić information content (AvgIpc) is 2.63. The highest BCUT2D eigenvalue weighted by atomic mass is 16.4. The van der Waals surface area contributed by atoms with Gasteiger partial charge >= 0.3 is 5.97 Å². The van der Waals surface area contributed by atoms with Crippen molar-refractivity contribution in [3.05, 3.63) is 35.9 Å². The highest BCUT2D eigenvalue weighted by Gasteiger charge is 2.46. The van der Waals surface area contributed by atoms with Crippen molar-refractivity contribution in [3.8, 4) is 0 Å². The molecule has 1 aliphatic heterocycles. The molecule has 2 rings (SSSR count). The van der Waals surface area contributed by atoms with E-state index < -0.39 is 11.4 Å². The fraction of sp³-hybridized carbons (Fsp3) is 0.273. The molecule has 1 amide bonds. The van der Waals surface area contributed by atoms with Crippen LogP contribution < -0.4 is 5.32 Å². The minimum absolute atomic E-state index is 0.0202. The summed E-state index contributed by atoms with van der Waals surface area (Å²) < 4.78 is 0. The maximum Gasteiger partial charge on any atom is 0.316 e. The lowest BCUT2D eigenvalue weighted by Crippen LogP contribution is -2.37. The first-order valence-corrected chi connectivity index (χ1v) is 4.71. The van der Waals surface area contributed by atoms with Crippen LogP contribution in [0.4, 0.5) is 0 Å². The van der Waals surface area contributed by atoms with Crippen LogP contribution in [0.1, 0.15) is 12.0 Å². The minimum atomic E-state index is -1.08. The topological polar surface area (TPSA) is 66.4 Å². The number of carboxylic acids is 1. The van der Waals surface area contributed by atoms with E-state index in [1.807, 2.05) is 6.07 Å². The zero-order chi connectivity index (χ0) is 10.9. The molecule has 0 saturated carbocycles. The summed E-state index contributed by atoms with van der Waals surface area (Å²) in [4.78, 5) is 22.4. The molecule has 15 heavy (non-hydrogen) atoms. The van der Waals surface area contributed by atoms with Crippen molar-refractivity contribution < 1.29 is 14.7 Å². The Morgan fingerprint density at radius 3 is 2.47 bits per heavy atom. The van der Waals surface area contributed by atoms with Crippen LogP contribution in [0.5, 0.6) is 0 Å². The normalized spacial score (nSPS) is 24.9. The van der Waals surface area contributed by atoms with Crippen molar-refractivity contribution in [2.24, 2.45) is 0 Å². The van der Waals surface area contributed by atoms with Gasteiger partial charge in [0, 0.05) is 13.0 Å². The molecule has 4 heteroatoms. The molecule has 0 radical (unpaired) electrons. The standard InChI is InChI=1S/C11H11NO3/c13-9-6-11(7-12-9,10(14)15)8-4-2-1-3-5-8/h1-5H,6-7H2,(H,12,13)(H,14,15)/t11-/m0/s1. The molecule has 0 aliphatic carbocycles. The lowest BCUT2D eigenvalue weighted by atomic mass is 9.80. The number of amides is 1. The van der Waals surface area contributed by atoms with Gasteiger partial charge < -0.3 is 10.4 Å². The summed E-state index contributed by atoms with van der Waals surface area (Å²) in [6, 6.07) is 8.87. The van der Waals surface area contributed by atoms with E-state index in [0.717, 1.165) is 0 Å². The molecular formula is C11H11NO3. The molecular weight excluding hydrogens is 194 g/mol. The van der Waals surface area contributed by atoms with Crippen LogP contribution in [-0.2, 0) is 15.0 Å². The number of hydrogen-bond donors (Lipinski definition) is 2. The predicted octanol–water partition coefficient (Wildman–Crippen LogP) is 0.529. The van der Waals surface area contributed by atoms with Gasteiger partial charge in [-0.3, -0.25) is 9.59 Å². The van der Waals surface area contributed by atoms with E-state index in [1.54, 1.807) is 24.3 Å². The van der Waals surface area contributed by atoms with Gasteiger partial charge in [0.05, 0.1) is 0 Å². The van der Waals surface area contributed by atoms with Crippen LogP contribution >= 0.6 is 0 Å². The third-order valence-electron chi connectivity index (χ3n) is 2.79. The van der Waals surface area contributed by atoms with Crippen LogP contribution in [0.15, 0.2) is 30.3 Å². The summed E-state index contributed by atoms with van der Waals surface area (Å²) in [6.07, 6.45) is 0.0202. The SMILES string of the molecule is O=C1C[C@@](C(=O)O)(c2ccccc2)CN1. The van der Waals surface area contributed by atoms with Crippen LogP contribution in [0.3, 0.4) is 0 Å². The maximum absolute atomic E-state index is 11.3. The lowest BCUT2D eigenvalue weighted by Gasteiger charge is -2.21. The van der Waals surface area contributed by atoms with E-state index in [9.17, 15) is 14.7 Å². The van der Waals surface area contributed by atoms with Crippen molar-refractivity contribution in [1.29, 1.82) is 0 Å². The Balaban J connectivity index is 2.45. The Morgan fingerprint density at radius 2 is 2.00 bits per heavy atom. The van der Waals surface area contributed by atoms with Gasteiger partial charge in [-0.1, -0.05) is 30.3 Å². The Hall–Kier alpha value is -1.84. The first-order valence-electron chi connectivity index (χ1n) is 4.71. The number of carboxylic acid groups (broad SMARTS) is 1. The van der Waals surface area contributed by atoms with Crippen LogP contribution in [0, 0.1) is 0 Å². The first kappa shape index (κ1) is 9.71. The van der Waals surface area contributed by atoms with Crippen molar-refractivity contribution in [2.75, 3.05) is 6.54 Å². The highest BCUT2D eigenvalue weighted by molar-refractivity contribution is 5.93. The molecule has 1 aromatic rings. The predicted molar refractivity (Wildman–Crippen MR) is 53.4 cm³/mol. The quantitative estimate of drug-likeness (QED) is 0.740. The van der Waals surface area contributed by atoms with Gasteiger partial charge in [-0.2, -0.15) is 0 Å². The van der Waals surface area contributed by atoms with E-state index in [0.29, 0.717) is 5.56 Å². The fourth-order valence-electron chi connectivity index (χ4n) is 1.88. The minimum Gasteiger partial charge on any atom is -0.481 e. The summed E-state index contributed by atoms with van der Waals surface area (Å²) in [5.74, 6) is -1.16. The summed E-state index contributed by atoms with van der Waals surface area (Å²) >= 11 is 0. The van der Waals surface area contributed by atoms with E-state index in [2.05, 4.69) is 5.32 Å². The van der Waals surface area contributed by atoms with Gasteiger partial charge in [-0.25, -0.2) is 0 Å². The number of rotatable bonds is 2. The van der Waals surface area contributed by atoms with E-state index in [1.165, 1.54) is 0 Å². The highest BCUT2D eigenvalue weighted by Crippen LogP contribution is 2.31. The molecule has 0 unspecified atom stereocenters. The Labute approximate surface area is 86.9 Å². The van der Waals surface area contributed by atoms with Gasteiger partial charge in [0.15, 0.2) is 0 Å². The van der Waals surface area contributed by atoms with Crippen LogP contribution in [0.2, 0.25) is 0 Å². The zero-order valence-corrected chi connectivity index (χ0v) is 8.06. The van der Waals surface area contributed by atoms with E-state index >= 15 is 0 Å². The second-order valence-electron chi connectivity index (χ2n) is 3.71. The molecule has 0 aromatic heterocycles. The summed E-state index contributed by atoms with van der Waals surface area (Å²) in [5, 5.41) is 11.8. The molecule has 78 valence electrons. The molecule has 1 saturated heterocycles.